The van der Waals surface area contributed by atoms with Crippen LogP contribution >= 0.6 is 0 Å². The standard InChI is InChI=1S/C13H23N5/c1-4-17(5-2)11-6-7-18(10-11)13-9-15-8-12(14-3)16-13/h8-9,11H,4-7,10H2,1-3H3,(H,14,16). The zero-order valence-electron chi connectivity index (χ0n) is 11.6. The van der Waals surface area contributed by atoms with Crippen LogP contribution in [0.25, 0.3) is 0 Å². The van der Waals surface area contributed by atoms with Crippen LogP contribution in [0, 0.1) is 0 Å². The minimum Gasteiger partial charge on any atom is -0.372 e. The molecule has 5 nitrogen and oxygen atoms in total. The van der Waals surface area contributed by atoms with Crippen molar-refractivity contribution in [3.8, 4) is 0 Å². The molecule has 0 aromatic carbocycles. The summed E-state index contributed by atoms with van der Waals surface area (Å²) in [4.78, 5) is 13.6. The summed E-state index contributed by atoms with van der Waals surface area (Å²) in [5.74, 6) is 1.82. The number of hydrogen-bond donors (Lipinski definition) is 1. The number of nitrogens with one attached hydrogen (secondary N) is 1. The predicted molar refractivity (Wildman–Crippen MR) is 75.1 cm³/mol. The van der Waals surface area contributed by atoms with Gasteiger partial charge in [-0.3, -0.25) is 9.88 Å². The fraction of sp³-hybridized carbons (Fsp3) is 0.692. The lowest BCUT2D eigenvalue weighted by molar-refractivity contribution is 0.232. The molecule has 1 aliphatic rings. The SMILES string of the molecule is CCN(CC)C1CCN(c2cncc(NC)n2)C1. The lowest BCUT2D eigenvalue weighted by Gasteiger charge is -2.26. The highest BCUT2D eigenvalue weighted by Crippen LogP contribution is 2.21. The first-order valence-corrected chi connectivity index (χ1v) is 6.77. The van der Waals surface area contributed by atoms with Gasteiger partial charge in [-0.05, 0) is 19.5 Å². The summed E-state index contributed by atoms with van der Waals surface area (Å²) >= 11 is 0. The van der Waals surface area contributed by atoms with E-state index in [1.807, 2.05) is 13.2 Å². The average Bonchev–Trinajstić information content (AvgIpc) is 2.90. The Balaban J connectivity index is 2.03. The van der Waals surface area contributed by atoms with Crippen molar-refractivity contribution in [1.82, 2.24) is 14.9 Å². The van der Waals surface area contributed by atoms with Crippen LogP contribution in [0.5, 0.6) is 0 Å². The molecule has 0 spiro atoms. The van der Waals surface area contributed by atoms with Crippen molar-refractivity contribution < 1.29 is 0 Å². The molecule has 1 aliphatic heterocycles. The van der Waals surface area contributed by atoms with Gasteiger partial charge in [0.2, 0.25) is 0 Å². The van der Waals surface area contributed by atoms with Crippen LogP contribution < -0.4 is 10.2 Å². The van der Waals surface area contributed by atoms with Crippen LogP contribution in [-0.2, 0) is 0 Å². The van der Waals surface area contributed by atoms with Crippen molar-refractivity contribution in [2.45, 2.75) is 26.3 Å². The molecule has 18 heavy (non-hydrogen) atoms. The molecule has 2 heterocycles. The second kappa shape index (κ2) is 6.00. The molecule has 5 heteroatoms. The summed E-state index contributed by atoms with van der Waals surface area (Å²) in [6.07, 6.45) is 4.82. The molecule has 1 saturated heterocycles. The maximum Gasteiger partial charge on any atom is 0.149 e. The first kappa shape index (κ1) is 13.1. The summed E-state index contributed by atoms with van der Waals surface area (Å²) in [7, 11) is 1.87. The third kappa shape index (κ3) is 2.72. The third-order valence-electron chi connectivity index (χ3n) is 3.69. The molecular formula is C13H23N5. The minimum absolute atomic E-state index is 0.653. The number of hydrogen-bond acceptors (Lipinski definition) is 5. The van der Waals surface area contributed by atoms with Gasteiger partial charge in [0.25, 0.3) is 0 Å². The van der Waals surface area contributed by atoms with E-state index in [1.54, 1.807) is 6.20 Å². The molecule has 1 aromatic rings. The number of aromatic nitrogens is 2. The number of likely N-dealkylation sites (N-methyl/N-ethyl adjacent to an activating group) is 1. The van der Waals surface area contributed by atoms with Crippen LogP contribution in [0.3, 0.4) is 0 Å². The van der Waals surface area contributed by atoms with Crippen LogP contribution in [0.15, 0.2) is 12.4 Å². The zero-order chi connectivity index (χ0) is 13.0. The van der Waals surface area contributed by atoms with Gasteiger partial charge in [0.05, 0.1) is 12.4 Å². The summed E-state index contributed by atoms with van der Waals surface area (Å²) in [5, 5.41) is 3.04. The van der Waals surface area contributed by atoms with Gasteiger partial charge in [-0.2, -0.15) is 0 Å². The van der Waals surface area contributed by atoms with Gasteiger partial charge in [0, 0.05) is 26.2 Å². The molecule has 1 aromatic heterocycles. The Kier molecular flexibility index (Phi) is 4.36. The number of rotatable bonds is 5. The van der Waals surface area contributed by atoms with Crippen molar-refractivity contribution >= 4 is 11.6 Å². The summed E-state index contributed by atoms with van der Waals surface area (Å²) < 4.78 is 0. The van der Waals surface area contributed by atoms with E-state index in [0.717, 1.165) is 37.8 Å². The monoisotopic (exact) mass is 249 g/mol. The molecule has 0 radical (unpaired) electrons. The van der Waals surface area contributed by atoms with Crippen molar-refractivity contribution in [1.29, 1.82) is 0 Å². The molecule has 0 amide bonds. The van der Waals surface area contributed by atoms with E-state index in [1.165, 1.54) is 6.42 Å². The Morgan fingerprint density at radius 3 is 2.83 bits per heavy atom. The van der Waals surface area contributed by atoms with E-state index in [-0.39, 0.29) is 0 Å². The van der Waals surface area contributed by atoms with E-state index in [2.05, 4.69) is 38.9 Å². The first-order valence-electron chi connectivity index (χ1n) is 6.77. The van der Waals surface area contributed by atoms with E-state index in [0.29, 0.717) is 6.04 Å². The smallest absolute Gasteiger partial charge is 0.149 e. The van der Waals surface area contributed by atoms with Crippen LogP contribution in [0.1, 0.15) is 20.3 Å². The normalized spacial score (nSPS) is 19.6. The molecule has 1 fully saturated rings. The summed E-state index contributed by atoms with van der Waals surface area (Å²) in [6, 6.07) is 0.653. The minimum atomic E-state index is 0.653. The van der Waals surface area contributed by atoms with Gasteiger partial charge in [0.1, 0.15) is 11.6 Å². The Bertz CT molecular complexity index is 377. The highest BCUT2D eigenvalue weighted by molar-refractivity contribution is 5.44. The lowest BCUT2D eigenvalue weighted by Crippen LogP contribution is -2.37. The largest absolute Gasteiger partial charge is 0.372 e. The van der Waals surface area contributed by atoms with Crippen molar-refractivity contribution in [3.63, 3.8) is 0 Å². The first-order chi connectivity index (χ1) is 8.78. The van der Waals surface area contributed by atoms with E-state index >= 15 is 0 Å². The Morgan fingerprint density at radius 2 is 2.17 bits per heavy atom. The predicted octanol–water partition coefficient (Wildman–Crippen LogP) is 1.44. The maximum atomic E-state index is 4.55. The van der Waals surface area contributed by atoms with Gasteiger partial charge < -0.3 is 10.2 Å². The number of nitrogens with zero attached hydrogens (tertiary/aromatic N) is 4. The van der Waals surface area contributed by atoms with Gasteiger partial charge in [-0.25, -0.2) is 4.98 Å². The van der Waals surface area contributed by atoms with E-state index < -0.39 is 0 Å². The number of anilines is 2. The van der Waals surface area contributed by atoms with Gasteiger partial charge in [0.15, 0.2) is 0 Å². The average molecular weight is 249 g/mol. The topological polar surface area (TPSA) is 44.3 Å². The van der Waals surface area contributed by atoms with Crippen molar-refractivity contribution in [3.05, 3.63) is 12.4 Å². The molecule has 0 bridgehead atoms. The molecule has 100 valence electrons. The third-order valence-corrected chi connectivity index (χ3v) is 3.69. The second-order valence-corrected chi connectivity index (χ2v) is 4.62. The molecular weight excluding hydrogens is 226 g/mol. The second-order valence-electron chi connectivity index (χ2n) is 4.62. The van der Waals surface area contributed by atoms with Crippen LogP contribution in [0.4, 0.5) is 11.6 Å². The Labute approximate surface area is 109 Å². The van der Waals surface area contributed by atoms with Crippen molar-refractivity contribution in [2.75, 3.05) is 43.4 Å². The fourth-order valence-corrected chi connectivity index (χ4v) is 2.62. The highest BCUT2D eigenvalue weighted by atomic mass is 15.3. The van der Waals surface area contributed by atoms with Gasteiger partial charge in [-0.15, -0.1) is 0 Å². The quantitative estimate of drug-likeness (QED) is 0.855. The highest BCUT2D eigenvalue weighted by Gasteiger charge is 2.27. The van der Waals surface area contributed by atoms with E-state index in [4.69, 9.17) is 0 Å². The zero-order valence-corrected chi connectivity index (χ0v) is 11.6. The van der Waals surface area contributed by atoms with Gasteiger partial charge in [-0.1, -0.05) is 13.8 Å². The molecule has 1 unspecified atom stereocenters. The maximum absolute atomic E-state index is 4.55. The van der Waals surface area contributed by atoms with Crippen molar-refractivity contribution in [2.24, 2.45) is 0 Å². The fourth-order valence-electron chi connectivity index (χ4n) is 2.62. The van der Waals surface area contributed by atoms with Crippen LogP contribution in [0.2, 0.25) is 0 Å². The van der Waals surface area contributed by atoms with Crippen LogP contribution in [-0.4, -0.2) is 54.1 Å². The molecule has 1 atom stereocenters. The molecule has 0 saturated carbocycles. The van der Waals surface area contributed by atoms with E-state index in [9.17, 15) is 0 Å². The Morgan fingerprint density at radius 1 is 1.39 bits per heavy atom. The summed E-state index contributed by atoms with van der Waals surface area (Å²) in [6.45, 7) is 8.84. The van der Waals surface area contributed by atoms with Gasteiger partial charge >= 0.3 is 0 Å². The molecule has 2 rings (SSSR count). The molecule has 0 aliphatic carbocycles. The summed E-state index contributed by atoms with van der Waals surface area (Å²) in [5.41, 5.74) is 0. The molecule has 1 N–H and O–H groups in total. The lowest BCUT2D eigenvalue weighted by atomic mass is 10.2. The Hall–Kier alpha value is -1.36.